The van der Waals surface area contributed by atoms with Crippen LogP contribution in [-0.4, -0.2) is 41.0 Å². The highest BCUT2D eigenvalue weighted by molar-refractivity contribution is 6.33. The molecule has 0 bridgehead atoms. The van der Waals surface area contributed by atoms with Crippen molar-refractivity contribution < 1.29 is 14.3 Å². The highest BCUT2D eigenvalue weighted by Crippen LogP contribution is 2.34. The second-order valence-corrected chi connectivity index (χ2v) is 9.18. The minimum Gasteiger partial charge on any atom is -0.445 e. The number of ether oxygens (including phenoxy) is 1. The quantitative estimate of drug-likeness (QED) is 0.563. The molecule has 0 radical (unpaired) electrons. The molecule has 1 aliphatic carbocycles. The summed E-state index contributed by atoms with van der Waals surface area (Å²) in [6.45, 7) is 1.51. The lowest BCUT2D eigenvalue weighted by molar-refractivity contribution is -0.120. The Labute approximate surface area is 201 Å². The first-order chi connectivity index (χ1) is 16.5. The predicted octanol–water partition coefficient (Wildman–Crippen LogP) is 4.70. The van der Waals surface area contributed by atoms with Gasteiger partial charge in [-0.25, -0.2) is 4.79 Å². The topological polar surface area (TPSA) is 109 Å². The molecule has 0 unspecified atom stereocenters. The van der Waals surface area contributed by atoms with Crippen LogP contribution in [0.5, 0.6) is 0 Å². The van der Waals surface area contributed by atoms with Crippen LogP contribution in [0.4, 0.5) is 10.6 Å². The molecule has 2 fully saturated rings. The third-order valence-corrected chi connectivity index (χ3v) is 6.82. The average Bonchev–Trinajstić information content (AvgIpc) is 3.19. The molecule has 2 N–H and O–H groups in total. The van der Waals surface area contributed by atoms with E-state index in [0.29, 0.717) is 39.4 Å². The highest BCUT2D eigenvalue weighted by atomic mass is 35.5. The van der Waals surface area contributed by atoms with Gasteiger partial charge in [-0.15, -0.1) is 5.10 Å². The molecule has 2 aliphatic rings. The number of hydrogen-bond donors (Lipinski definition) is 2. The first-order valence-corrected chi connectivity index (χ1v) is 11.9. The zero-order valence-corrected chi connectivity index (χ0v) is 19.3. The molecule has 5 rings (SSSR count). The van der Waals surface area contributed by atoms with Crippen molar-refractivity contribution in [1.29, 1.82) is 5.26 Å². The lowest BCUT2D eigenvalue weighted by atomic mass is 9.96. The third kappa shape index (κ3) is 4.37. The number of carbonyl (C=O) groups is 2. The molecule has 34 heavy (non-hydrogen) atoms. The van der Waals surface area contributed by atoms with Gasteiger partial charge in [0.1, 0.15) is 6.10 Å². The number of rotatable bonds is 4. The second kappa shape index (κ2) is 9.45. The number of aromatic nitrogens is 2. The van der Waals surface area contributed by atoms with Crippen molar-refractivity contribution in [2.45, 2.75) is 38.2 Å². The number of anilines is 1. The van der Waals surface area contributed by atoms with Crippen molar-refractivity contribution in [2.75, 3.05) is 18.4 Å². The van der Waals surface area contributed by atoms with E-state index in [9.17, 15) is 14.9 Å². The molecule has 9 heteroatoms. The van der Waals surface area contributed by atoms with Crippen LogP contribution in [0.2, 0.25) is 5.02 Å². The van der Waals surface area contributed by atoms with Gasteiger partial charge in [-0.3, -0.25) is 4.79 Å². The summed E-state index contributed by atoms with van der Waals surface area (Å²) in [5.74, 6) is -0.00705. The van der Waals surface area contributed by atoms with E-state index < -0.39 is 6.09 Å². The van der Waals surface area contributed by atoms with E-state index in [1.54, 1.807) is 24.3 Å². The van der Waals surface area contributed by atoms with Gasteiger partial charge >= 0.3 is 6.09 Å². The van der Waals surface area contributed by atoms with E-state index >= 15 is 0 Å². The van der Waals surface area contributed by atoms with Gasteiger partial charge in [-0.05, 0) is 74.5 Å². The van der Waals surface area contributed by atoms with E-state index in [-0.39, 0.29) is 17.9 Å². The van der Waals surface area contributed by atoms with Crippen LogP contribution in [0.15, 0.2) is 36.4 Å². The monoisotopic (exact) mass is 477 g/mol. The number of nitriles is 1. The third-order valence-electron chi connectivity index (χ3n) is 6.49. The van der Waals surface area contributed by atoms with Crippen LogP contribution in [0.1, 0.15) is 37.7 Å². The number of hydrogen-bond acceptors (Lipinski definition) is 6. The molecule has 2 aromatic carbocycles. The summed E-state index contributed by atoms with van der Waals surface area (Å²) in [5, 5.41) is 21.0. The summed E-state index contributed by atoms with van der Waals surface area (Å²) >= 11 is 6.42. The number of halogens is 1. The van der Waals surface area contributed by atoms with Gasteiger partial charge in [-0.1, -0.05) is 17.7 Å². The minimum absolute atomic E-state index is 0.0927. The van der Waals surface area contributed by atoms with Gasteiger partial charge in [0.25, 0.3) is 0 Å². The van der Waals surface area contributed by atoms with Gasteiger partial charge < -0.3 is 15.4 Å². The Morgan fingerprint density at radius 3 is 2.74 bits per heavy atom. The van der Waals surface area contributed by atoms with E-state index in [1.807, 2.05) is 12.1 Å². The van der Waals surface area contributed by atoms with Gasteiger partial charge in [0, 0.05) is 22.5 Å². The van der Waals surface area contributed by atoms with Crippen molar-refractivity contribution in [3.8, 4) is 17.2 Å². The maximum absolute atomic E-state index is 12.9. The van der Waals surface area contributed by atoms with E-state index in [4.69, 9.17) is 16.3 Å². The van der Waals surface area contributed by atoms with Crippen LogP contribution < -0.4 is 10.6 Å². The largest absolute Gasteiger partial charge is 0.445 e. The van der Waals surface area contributed by atoms with Crippen molar-refractivity contribution in [1.82, 2.24) is 15.1 Å². The maximum Gasteiger partial charge on any atom is 0.435 e. The smallest absolute Gasteiger partial charge is 0.435 e. The van der Waals surface area contributed by atoms with Gasteiger partial charge in [-0.2, -0.15) is 9.94 Å². The molecule has 0 spiro atoms. The molecule has 1 amide bonds. The number of carbonyl (C=O) groups excluding carboxylic acids is 2. The fourth-order valence-electron chi connectivity index (χ4n) is 4.31. The number of benzene rings is 2. The average molecular weight is 478 g/mol. The number of fused-ring (bicyclic) bond motifs is 1. The zero-order valence-electron chi connectivity index (χ0n) is 18.5. The number of amides is 1. The molecule has 3 aromatic rings. The molecule has 174 valence electrons. The predicted molar refractivity (Wildman–Crippen MR) is 129 cm³/mol. The molecular formula is C25H24ClN5O3. The van der Waals surface area contributed by atoms with Gasteiger partial charge in [0.05, 0.1) is 23.1 Å². The molecular weight excluding hydrogens is 454 g/mol. The van der Waals surface area contributed by atoms with Crippen LogP contribution in [0, 0.1) is 17.2 Å². The van der Waals surface area contributed by atoms with Crippen LogP contribution in [0.25, 0.3) is 22.0 Å². The number of piperidine rings is 1. The Bertz CT molecular complexity index is 1300. The second-order valence-electron chi connectivity index (χ2n) is 8.77. The molecule has 1 aliphatic heterocycles. The van der Waals surface area contributed by atoms with E-state index in [2.05, 4.69) is 21.8 Å². The molecule has 1 aromatic heterocycles. The molecule has 1 saturated carbocycles. The van der Waals surface area contributed by atoms with Crippen molar-refractivity contribution >= 4 is 40.3 Å². The van der Waals surface area contributed by atoms with Crippen molar-refractivity contribution in [2.24, 2.45) is 5.92 Å². The van der Waals surface area contributed by atoms with Crippen LogP contribution >= 0.6 is 11.6 Å². The Kier molecular flexibility index (Phi) is 6.22. The molecule has 1 atom stereocenters. The van der Waals surface area contributed by atoms with Crippen LogP contribution in [-0.2, 0) is 9.53 Å². The SMILES string of the molecule is N#Cc1ccc(Cl)c(-c2ccc3c(c2)c(NC(=O)[C@@H]2CCCNC2)nn3C(=O)OC2CCC2)c1. The fraction of sp³-hybridized carbons (Fsp3) is 0.360. The van der Waals surface area contributed by atoms with E-state index in [1.165, 1.54) is 4.68 Å². The maximum atomic E-state index is 12.9. The number of nitrogens with zero attached hydrogens (tertiary/aromatic N) is 3. The molecule has 1 saturated heterocycles. The zero-order chi connectivity index (χ0) is 23.7. The standard InChI is InChI=1S/C25H24ClN5O3/c26-21-8-6-15(13-27)11-19(21)16-7-9-22-20(12-16)23(29-24(32)17-3-2-10-28-14-17)30-31(22)25(33)34-18-4-1-5-18/h6-9,11-12,17-18,28H,1-5,10,14H2,(H,29,30,32)/t17-/m1/s1. The minimum atomic E-state index is -0.563. The summed E-state index contributed by atoms with van der Waals surface area (Å²) in [7, 11) is 0. The van der Waals surface area contributed by atoms with Crippen molar-refractivity contribution in [3.63, 3.8) is 0 Å². The lowest BCUT2D eigenvalue weighted by Gasteiger charge is -2.24. The van der Waals surface area contributed by atoms with Gasteiger partial charge in [0.15, 0.2) is 5.82 Å². The van der Waals surface area contributed by atoms with Crippen molar-refractivity contribution in [3.05, 3.63) is 47.0 Å². The summed E-state index contributed by atoms with van der Waals surface area (Å²) in [6.07, 6.45) is 3.81. The highest BCUT2D eigenvalue weighted by Gasteiger charge is 2.27. The Morgan fingerprint density at radius 2 is 2.03 bits per heavy atom. The van der Waals surface area contributed by atoms with Crippen LogP contribution in [0.3, 0.4) is 0 Å². The Hall–Kier alpha value is -3.41. The first-order valence-electron chi connectivity index (χ1n) is 11.5. The lowest BCUT2D eigenvalue weighted by Crippen LogP contribution is -2.37. The fourth-order valence-corrected chi connectivity index (χ4v) is 4.54. The normalized spacial score (nSPS) is 18.2. The number of nitrogens with one attached hydrogen (secondary N) is 2. The Balaban J connectivity index is 1.55. The summed E-state index contributed by atoms with van der Waals surface area (Å²) in [6, 6.07) is 12.6. The Morgan fingerprint density at radius 1 is 1.18 bits per heavy atom. The molecule has 2 heterocycles. The van der Waals surface area contributed by atoms with Gasteiger partial charge in [0.2, 0.25) is 5.91 Å². The summed E-state index contributed by atoms with van der Waals surface area (Å²) < 4.78 is 6.77. The molecule has 8 nitrogen and oxygen atoms in total. The summed E-state index contributed by atoms with van der Waals surface area (Å²) in [5.41, 5.74) is 2.44. The first kappa shape index (κ1) is 22.4. The van der Waals surface area contributed by atoms with E-state index in [0.717, 1.165) is 44.2 Å². The summed E-state index contributed by atoms with van der Waals surface area (Å²) in [4.78, 5) is 25.8.